The second-order valence-corrected chi connectivity index (χ2v) is 11.5. The summed E-state index contributed by atoms with van der Waals surface area (Å²) in [6.07, 6.45) is 1.82. The molecule has 1 heterocycles. The molecule has 0 fully saturated rings. The second-order valence-electron chi connectivity index (χ2n) is 5.54. The van der Waals surface area contributed by atoms with Gasteiger partial charge in [0, 0.05) is 5.38 Å². The van der Waals surface area contributed by atoms with Crippen LogP contribution in [0.1, 0.15) is 11.3 Å². The summed E-state index contributed by atoms with van der Waals surface area (Å²) in [5, 5.41) is 8.49. The van der Waals surface area contributed by atoms with E-state index < -0.39 is 8.07 Å². The van der Waals surface area contributed by atoms with E-state index in [1.807, 2.05) is 18.5 Å². The van der Waals surface area contributed by atoms with E-state index in [-0.39, 0.29) is 0 Å². The standard InChI is InChI=1S/C14H19N3SSi/c1-11-10-18-14(16-11)17-15-9-12-5-7-13(8-6-12)19(2,3)4/h5-10H,1-4H3,(H,16,17). The largest absolute Gasteiger partial charge is 0.253 e. The van der Waals surface area contributed by atoms with Gasteiger partial charge in [-0.2, -0.15) is 5.10 Å². The van der Waals surface area contributed by atoms with Crippen molar-refractivity contribution in [1.82, 2.24) is 4.98 Å². The summed E-state index contributed by atoms with van der Waals surface area (Å²) >= 11 is 1.56. The summed E-state index contributed by atoms with van der Waals surface area (Å²) in [6, 6.07) is 8.65. The van der Waals surface area contributed by atoms with Crippen LogP contribution < -0.4 is 10.6 Å². The summed E-state index contributed by atoms with van der Waals surface area (Å²) in [4.78, 5) is 4.29. The van der Waals surface area contributed by atoms with Crippen molar-refractivity contribution in [1.29, 1.82) is 0 Å². The van der Waals surface area contributed by atoms with Gasteiger partial charge in [0.15, 0.2) is 0 Å². The summed E-state index contributed by atoms with van der Waals surface area (Å²) in [5.74, 6) is 0. The van der Waals surface area contributed by atoms with Crippen LogP contribution in [-0.4, -0.2) is 19.3 Å². The fourth-order valence-corrected chi connectivity index (χ4v) is 3.44. The third-order valence-electron chi connectivity index (χ3n) is 2.77. The number of rotatable bonds is 4. The van der Waals surface area contributed by atoms with Crippen molar-refractivity contribution in [3.8, 4) is 0 Å². The van der Waals surface area contributed by atoms with Gasteiger partial charge in [0.05, 0.1) is 20.0 Å². The van der Waals surface area contributed by atoms with E-state index in [1.54, 1.807) is 11.3 Å². The third-order valence-corrected chi connectivity index (χ3v) is 5.70. The average molecular weight is 289 g/mol. The van der Waals surface area contributed by atoms with Crippen LogP contribution in [0.15, 0.2) is 34.7 Å². The van der Waals surface area contributed by atoms with Crippen LogP contribution in [0.3, 0.4) is 0 Å². The van der Waals surface area contributed by atoms with Crippen molar-refractivity contribution in [2.75, 3.05) is 5.43 Å². The fourth-order valence-electron chi connectivity index (χ4n) is 1.64. The molecule has 0 atom stereocenters. The van der Waals surface area contributed by atoms with Crippen LogP contribution in [0.4, 0.5) is 5.13 Å². The number of nitrogens with one attached hydrogen (secondary N) is 1. The van der Waals surface area contributed by atoms with Crippen molar-refractivity contribution >= 4 is 35.9 Å². The van der Waals surface area contributed by atoms with Crippen molar-refractivity contribution in [2.45, 2.75) is 26.6 Å². The quantitative estimate of drug-likeness (QED) is 0.532. The van der Waals surface area contributed by atoms with E-state index in [9.17, 15) is 0 Å². The first kappa shape index (κ1) is 14.0. The zero-order chi connectivity index (χ0) is 13.9. The Balaban J connectivity index is 1.99. The molecule has 0 unspecified atom stereocenters. The van der Waals surface area contributed by atoms with Crippen LogP contribution in [0.2, 0.25) is 19.6 Å². The van der Waals surface area contributed by atoms with Gasteiger partial charge in [-0.05, 0) is 12.5 Å². The van der Waals surface area contributed by atoms with Gasteiger partial charge in [0.1, 0.15) is 0 Å². The van der Waals surface area contributed by atoms with Crippen LogP contribution in [0, 0.1) is 6.92 Å². The van der Waals surface area contributed by atoms with Gasteiger partial charge in [0.2, 0.25) is 5.13 Å². The minimum atomic E-state index is -1.21. The number of hydrogen-bond donors (Lipinski definition) is 1. The van der Waals surface area contributed by atoms with E-state index in [4.69, 9.17) is 0 Å². The molecule has 0 amide bonds. The smallest absolute Gasteiger partial charge is 0.203 e. The number of anilines is 1. The minimum Gasteiger partial charge on any atom is -0.253 e. The molecule has 5 heteroatoms. The summed E-state index contributed by atoms with van der Waals surface area (Å²) < 4.78 is 0. The highest BCUT2D eigenvalue weighted by Crippen LogP contribution is 2.13. The Hall–Kier alpha value is -1.46. The topological polar surface area (TPSA) is 37.3 Å². The van der Waals surface area contributed by atoms with E-state index in [2.05, 4.69) is 59.4 Å². The molecule has 0 aliphatic rings. The molecule has 0 saturated heterocycles. The number of nitrogens with zero attached hydrogens (tertiary/aromatic N) is 2. The Bertz CT molecular complexity index is 567. The molecule has 19 heavy (non-hydrogen) atoms. The molecule has 3 nitrogen and oxygen atoms in total. The molecule has 2 aromatic rings. The van der Waals surface area contributed by atoms with Crippen LogP contribution in [-0.2, 0) is 0 Å². The van der Waals surface area contributed by atoms with Crippen molar-refractivity contribution in [3.63, 3.8) is 0 Å². The Labute approximate surface area is 119 Å². The van der Waals surface area contributed by atoms with E-state index in [0.29, 0.717) is 0 Å². The highest BCUT2D eigenvalue weighted by Gasteiger charge is 2.15. The molecule has 0 aliphatic carbocycles. The number of aryl methyl sites for hydroxylation is 1. The lowest BCUT2D eigenvalue weighted by molar-refractivity contribution is 1.22. The summed E-state index contributed by atoms with van der Waals surface area (Å²) in [6.45, 7) is 9.02. The predicted octanol–water partition coefficient (Wildman–Crippen LogP) is 3.44. The Morgan fingerprint density at radius 1 is 1.21 bits per heavy atom. The van der Waals surface area contributed by atoms with Crippen LogP contribution >= 0.6 is 11.3 Å². The van der Waals surface area contributed by atoms with Gasteiger partial charge < -0.3 is 0 Å². The Morgan fingerprint density at radius 3 is 2.42 bits per heavy atom. The predicted molar refractivity (Wildman–Crippen MR) is 87.5 cm³/mol. The second kappa shape index (κ2) is 5.67. The molecule has 1 aromatic heterocycles. The summed E-state index contributed by atoms with van der Waals surface area (Å²) in [5.41, 5.74) is 5.06. The normalized spacial score (nSPS) is 12.0. The first-order valence-electron chi connectivity index (χ1n) is 6.27. The maximum atomic E-state index is 4.29. The van der Waals surface area contributed by atoms with Gasteiger partial charge in [-0.15, -0.1) is 11.3 Å². The highest BCUT2D eigenvalue weighted by molar-refractivity contribution is 7.13. The number of benzene rings is 1. The molecular weight excluding hydrogens is 270 g/mol. The minimum absolute atomic E-state index is 0.826. The molecular formula is C14H19N3SSi. The van der Waals surface area contributed by atoms with E-state index in [0.717, 1.165) is 16.4 Å². The van der Waals surface area contributed by atoms with Crippen LogP contribution in [0.25, 0.3) is 0 Å². The molecule has 0 saturated carbocycles. The molecule has 0 radical (unpaired) electrons. The summed E-state index contributed by atoms with van der Waals surface area (Å²) in [7, 11) is -1.21. The monoisotopic (exact) mass is 289 g/mol. The van der Waals surface area contributed by atoms with Gasteiger partial charge in [-0.25, -0.2) is 4.98 Å². The first-order valence-corrected chi connectivity index (χ1v) is 10.6. The maximum Gasteiger partial charge on any atom is 0.203 e. The Morgan fingerprint density at radius 2 is 1.89 bits per heavy atom. The van der Waals surface area contributed by atoms with Crippen LogP contribution in [0.5, 0.6) is 0 Å². The highest BCUT2D eigenvalue weighted by atomic mass is 32.1. The zero-order valence-corrected chi connectivity index (χ0v) is 13.6. The fraction of sp³-hybridized carbons (Fsp3) is 0.286. The van der Waals surface area contributed by atoms with Gasteiger partial charge in [0.25, 0.3) is 0 Å². The molecule has 1 aromatic carbocycles. The lowest BCUT2D eigenvalue weighted by Gasteiger charge is -2.16. The SMILES string of the molecule is Cc1csc(NN=Cc2ccc([Si](C)(C)C)cc2)n1. The van der Waals surface area contributed by atoms with Gasteiger partial charge >= 0.3 is 0 Å². The molecule has 0 bridgehead atoms. The molecule has 2 rings (SSSR count). The lowest BCUT2D eigenvalue weighted by Crippen LogP contribution is -2.37. The number of thiazole rings is 1. The molecule has 1 N–H and O–H groups in total. The first-order chi connectivity index (χ1) is 8.95. The van der Waals surface area contributed by atoms with Crippen molar-refractivity contribution in [3.05, 3.63) is 40.9 Å². The number of hydrogen-bond acceptors (Lipinski definition) is 4. The van der Waals surface area contributed by atoms with Gasteiger partial charge in [-0.3, -0.25) is 5.43 Å². The third kappa shape index (κ3) is 4.01. The maximum absolute atomic E-state index is 4.29. The number of aromatic nitrogens is 1. The molecule has 100 valence electrons. The van der Waals surface area contributed by atoms with E-state index >= 15 is 0 Å². The zero-order valence-electron chi connectivity index (χ0n) is 11.8. The Kier molecular flexibility index (Phi) is 4.16. The van der Waals surface area contributed by atoms with Crippen molar-refractivity contribution < 1.29 is 0 Å². The lowest BCUT2D eigenvalue weighted by atomic mass is 10.2. The van der Waals surface area contributed by atoms with Gasteiger partial charge in [-0.1, -0.05) is 49.1 Å². The van der Waals surface area contributed by atoms with E-state index in [1.165, 1.54) is 5.19 Å². The van der Waals surface area contributed by atoms with Crippen molar-refractivity contribution in [2.24, 2.45) is 5.10 Å². The molecule has 0 aliphatic heterocycles. The number of hydrazone groups is 1. The molecule has 0 spiro atoms. The average Bonchev–Trinajstić information content (AvgIpc) is 2.75.